The second kappa shape index (κ2) is 8.82. The van der Waals surface area contributed by atoms with Gasteiger partial charge in [-0.15, -0.1) is 23.4 Å². The number of ether oxygens (including phenoxy) is 2. The third-order valence-corrected chi connectivity index (χ3v) is 3.78. The minimum Gasteiger partial charge on any atom is -0.435 e. The maximum atomic E-state index is 13.0. The first-order chi connectivity index (χ1) is 14.9. The number of nitrogens with one attached hydrogen (secondary N) is 1. The van der Waals surface area contributed by atoms with Crippen LogP contribution in [0.4, 0.5) is 32.0 Å². The van der Waals surface area contributed by atoms with Crippen LogP contribution in [0, 0.1) is 0 Å². The third-order valence-electron chi connectivity index (χ3n) is 3.48. The van der Waals surface area contributed by atoms with E-state index in [2.05, 4.69) is 30.4 Å². The zero-order valence-electron chi connectivity index (χ0n) is 15.2. The number of hydrogen-bond acceptors (Lipinski definition) is 7. The molecular weight excluding hydrogens is 472 g/mol. The molecule has 2 heterocycles. The third kappa shape index (κ3) is 5.94. The molecule has 0 aliphatic carbocycles. The molecule has 32 heavy (non-hydrogen) atoms. The lowest BCUT2D eigenvalue weighted by Gasteiger charge is -2.14. The Hall–Kier alpha value is -3.68. The predicted octanol–water partition coefficient (Wildman–Crippen LogP) is 4.88. The Kier molecular flexibility index (Phi) is 6.34. The largest absolute Gasteiger partial charge is 0.573 e. The van der Waals surface area contributed by atoms with E-state index in [-0.39, 0.29) is 11.4 Å². The van der Waals surface area contributed by atoms with Gasteiger partial charge in [-0.1, -0.05) is 11.6 Å². The Bertz CT molecular complexity index is 1130. The van der Waals surface area contributed by atoms with Crippen molar-refractivity contribution in [2.24, 2.45) is 0 Å². The lowest BCUT2D eigenvalue weighted by Crippen LogP contribution is -2.18. The highest BCUT2D eigenvalue weighted by atomic mass is 35.5. The second-order valence-corrected chi connectivity index (χ2v) is 6.18. The zero-order valence-corrected chi connectivity index (χ0v) is 16.0. The molecule has 0 bridgehead atoms. The van der Waals surface area contributed by atoms with Gasteiger partial charge in [0.15, 0.2) is 5.69 Å². The fraction of sp³-hybridized carbons (Fsp3) is 0.118. The summed E-state index contributed by atoms with van der Waals surface area (Å²) in [5.74, 6) is -2.75. The number of halogens is 7. The SMILES string of the molecule is O=C(Nc1ccnnc1)c1cc(C(F)(F)F)nnc1Oc1ccc(OC(F)(F)F)cc1Cl. The monoisotopic (exact) mass is 479 g/mol. The van der Waals surface area contributed by atoms with Gasteiger partial charge < -0.3 is 14.8 Å². The number of amides is 1. The number of carbonyl (C=O) groups excluding carboxylic acids is 1. The van der Waals surface area contributed by atoms with Crippen molar-refractivity contribution in [3.05, 3.63) is 59.0 Å². The minimum absolute atomic E-state index is 0.105. The van der Waals surface area contributed by atoms with E-state index < -0.39 is 46.4 Å². The quantitative estimate of drug-likeness (QED) is 0.521. The Balaban J connectivity index is 1.94. The van der Waals surface area contributed by atoms with Crippen LogP contribution in [0.15, 0.2) is 42.7 Å². The summed E-state index contributed by atoms with van der Waals surface area (Å²) < 4.78 is 85.0. The summed E-state index contributed by atoms with van der Waals surface area (Å²) >= 11 is 5.86. The van der Waals surface area contributed by atoms with Gasteiger partial charge in [0.2, 0.25) is 0 Å². The van der Waals surface area contributed by atoms with Crippen LogP contribution >= 0.6 is 11.6 Å². The minimum atomic E-state index is -4.97. The predicted molar refractivity (Wildman–Crippen MR) is 95.2 cm³/mol. The van der Waals surface area contributed by atoms with Crippen LogP contribution in [0.2, 0.25) is 5.02 Å². The van der Waals surface area contributed by atoms with E-state index in [9.17, 15) is 31.1 Å². The van der Waals surface area contributed by atoms with E-state index in [1.165, 1.54) is 12.3 Å². The lowest BCUT2D eigenvalue weighted by atomic mass is 10.2. The topological polar surface area (TPSA) is 99.1 Å². The summed E-state index contributed by atoms with van der Waals surface area (Å²) in [5, 5.41) is 15.1. The molecule has 15 heteroatoms. The van der Waals surface area contributed by atoms with Gasteiger partial charge in [0.05, 0.1) is 23.1 Å². The Morgan fingerprint density at radius 3 is 2.34 bits per heavy atom. The number of carbonyl (C=O) groups is 1. The van der Waals surface area contributed by atoms with Crippen LogP contribution < -0.4 is 14.8 Å². The van der Waals surface area contributed by atoms with Gasteiger partial charge in [-0.25, -0.2) is 0 Å². The van der Waals surface area contributed by atoms with E-state index in [1.807, 2.05) is 0 Å². The smallest absolute Gasteiger partial charge is 0.435 e. The molecule has 0 atom stereocenters. The molecule has 1 N–H and O–H groups in total. The summed E-state index contributed by atoms with van der Waals surface area (Å²) in [5.41, 5.74) is -2.06. The highest BCUT2D eigenvalue weighted by molar-refractivity contribution is 6.32. The highest BCUT2D eigenvalue weighted by Gasteiger charge is 2.35. The molecule has 1 aromatic carbocycles. The molecule has 3 rings (SSSR count). The van der Waals surface area contributed by atoms with Crippen molar-refractivity contribution in [3.63, 3.8) is 0 Å². The summed E-state index contributed by atoms with van der Waals surface area (Å²) in [6.07, 6.45) is -7.54. The first-order valence-corrected chi connectivity index (χ1v) is 8.56. The van der Waals surface area contributed by atoms with Gasteiger partial charge in [0, 0.05) is 6.07 Å². The molecule has 8 nitrogen and oxygen atoms in total. The summed E-state index contributed by atoms with van der Waals surface area (Å²) in [7, 11) is 0. The van der Waals surface area contributed by atoms with Crippen LogP contribution in [0.1, 0.15) is 16.1 Å². The van der Waals surface area contributed by atoms with Crippen molar-refractivity contribution in [1.29, 1.82) is 0 Å². The fourth-order valence-corrected chi connectivity index (χ4v) is 2.39. The van der Waals surface area contributed by atoms with Crippen LogP contribution in [-0.4, -0.2) is 32.7 Å². The van der Waals surface area contributed by atoms with Crippen molar-refractivity contribution < 1.29 is 40.6 Å². The fourth-order valence-electron chi connectivity index (χ4n) is 2.19. The van der Waals surface area contributed by atoms with E-state index in [0.29, 0.717) is 6.07 Å². The Labute approximate surface area is 179 Å². The molecule has 0 aliphatic heterocycles. The van der Waals surface area contributed by atoms with Gasteiger partial charge in [-0.05, 0) is 24.3 Å². The number of hydrogen-bond donors (Lipinski definition) is 1. The molecule has 2 aromatic heterocycles. The van der Waals surface area contributed by atoms with Crippen molar-refractivity contribution in [2.75, 3.05) is 5.32 Å². The standard InChI is InChI=1S/C17H8ClF6N5O3/c18-11-5-9(32-17(22,23)24)1-2-12(11)31-15-10(6-13(28-29-15)16(19,20)21)14(30)27-8-3-4-25-26-7-8/h1-7H,(H,25,27,30). The lowest BCUT2D eigenvalue weighted by molar-refractivity contribution is -0.274. The molecule has 0 spiro atoms. The maximum Gasteiger partial charge on any atom is 0.573 e. The first-order valence-electron chi connectivity index (χ1n) is 8.18. The molecule has 0 aliphatic rings. The van der Waals surface area contributed by atoms with Crippen LogP contribution in [-0.2, 0) is 6.18 Å². The average molecular weight is 480 g/mol. The van der Waals surface area contributed by atoms with Crippen molar-refractivity contribution in [3.8, 4) is 17.4 Å². The summed E-state index contributed by atoms with van der Waals surface area (Å²) in [4.78, 5) is 12.5. The summed E-state index contributed by atoms with van der Waals surface area (Å²) in [6, 6.07) is 4.25. The number of aromatic nitrogens is 4. The summed E-state index contributed by atoms with van der Waals surface area (Å²) in [6.45, 7) is 0. The van der Waals surface area contributed by atoms with Gasteiger partial charge in [0.25, 0.3) is 11.8 Å². The molecule has 168 valence electrons. The maximum absolute atomic E-state index is 13.0. The van der Waals surface area contributed by atoms with E-state index in [4.69, 9.17) is 16.3 Å². The first kappa shape index (κ1) is 23.0. The molecule has 0 saturated carbocycles. The van der Waals surface area contributed by atoms with Gasteiger partial charge in [-0.2, -0.15) is 23.4 Å². The highest BCUT2D eigenvalue weighted by Crippen LogP contribution is 2.36. The number of alkyl halides is 6. The van der Waals surface area contributed by atoms with E-state index in [1.54, 1.807) is 0 Å². The van der Waals surface area contributed by atoms with Crippen LogP contribution in [0.25, 0.3) is 0 Å². The van der Waals surface area contributed by atoms with Crippen molar-refractivity contribution in [1.82, 2.24) is 20.4 Å². The van der Waals surface area contributed by atoms with Crippen LogP contribution in [0.3, 0.4) is 0 Å². The Morgan fingerprint density at radius 2 is 1.75 bits per heavy atom. The molecule has 3 aromatic rings. The van der Waals surface area contributed by atoms with Gasteiger partial charge in [-0.3, -0.25) is 4.79 Å². The zero-order chi connectivity index (χ0) is 23.5. The number of benzene rings is 1. The molecule has 1 amide bonds. The van der Waals surface area contributed by atoms with Gasteiger partial charge in [0.1, 0.15) is 17.1 Å². The van der Waals surface area contributed by atoms with Crippen molar-refractivity contribution >= 4 is 23.2 Å². The average Bonchev–Trinajstić information content (AvgIpc) is 2.69. The molecule has 0 fully saturated rings. The molecule has 0 saturated heterocycles. The molecular formula is C17H8ClF6N5O3. The molecule has 0 unspecified atom stereocenters. The van der Waals surface area contributed by atoms with E-state index in [0.717, 1.165) is 24.4 Å². The van der Waals surface area contributed by atoms with Crippen molar-refractivity contribution in [2.45, 2.75) is 12.5 Å². The van der Waals surface area contributed by atoms with E-state index >= 15 is 0 Å². The van der Waals surface area contributed by atoms with Gasteiger partial charge >= 0.3 is 12.5 Å². The normalized spacial score (nSPS) is 11.7. The molecule has 0 radical (unpaired) electrons. The Morgan fingerprint density at radius 1 is 1.00 bits per heavy atom. The number of anilines is 1. The van der Waals surface area contributed by atoms with Crippen LogP contribution in [0.5, 0.6) is 17.4 Å². The second-order valence-electron chi connectivity index (χ2n) is 5.77. The number of nitrogens with zero attached hydrogens (tertiary/aromatic N) is 4. The number of rotatable bonds is 5.